The van der Waals surface area contributed by atoms with Crippen molar-refractivity contribution in [2.75, 3.05) is 0 Å². The van der Waals surface area contributed by atoms with Gasteiger partial charge in [0, 0.05) is 5.75 Å². The van der Waals surface area contributed by atoms with Gasteiger partial charge in [-0.3, -0.25) is 5.14 Å². The molecule has 0 amide bonds. The zero-order valence-corrected chi connectivity index (χ0v) is 7.53. The zero-order valence-electron chi connectivity index (χ0n) is 6.71. The first-order valence-electron chi connectivity index (χ1n) is 3.76. The van der Waals surface area contributed by atoms with Crippen LogP contribution in [0.25, 0.3) is 0 Å². The molecule has 0 aliphatic carbocycles. The number of aryl methyl sites for hydroxylation is 1. The van der Waals surface area contributed by atoms with Crippen LogP contribution >= 0.6 is 11.9 Å². The van der Waals surface area contributed by atoms with Gasteiger partial charge in [0.2, 0.25) is 0 Å². The second-order valence-electron chi connectivity index (χ2n) is 2.48. The van der Waals surface area contributed by atoms with E-state index < -0.39 is 0 Å². The van der Waals surface area contributed by atoms with Gasteiger partial charge in [0.05, 0.1) is 0 Å². The van der Waals surface area contributed by atoms with E-state index in [4.69, 9.17) is 5.14 Å². The minimum absolute atomic E-state index is 0.911. The first-order valence-corrected chi connectivity index (χ1v) is 4.81. The SMILES string of the molecule is CCc1cccc(CSN)c1. The first kappa shape index (κ1) is 8.62. The maximum Gasteiger partial charge on any atom is 0.0328 e. The molecule has 60 valence electrons. The molecule has 0 spiro atoms. The van der Waals surface area contributed by atoms with E-state index in [1.165, 1.54) is 23.1 Å². The van der Waals surface area contributed by atoms with Crippen LogP contribution in [0.4, 0.5) is 0 Å². The van der Waals surface area contributed by atoms with Crippen LogP contribution in [0.1, 0.15) is 18.1 Å². The average Bonchev–Trinajstić information content (AvgIpc) is 2.06. The van der Waals surface area contributed by atoms with Crippen molar-refractivity contribution in [1.82, 2.24) is 0 Å². The molecular formula is C9H13NS. The van der Waals surface area contributed by atoms with E-state index in [1.54, 1.807) is 0 Å². The predicted molar refractivity (Wildman–Crippen MR) is 51.3 cm³/mol. The topological polar surface area (TPSA) is 26.0 Å². The number of nitrogens with two attached hydrogens (primary N) is 1. The van der Waals surface area contributed by atoms with Crippen molar-refractivity contribution >= 4 is 11.9 Å². The lowest BCUT2D eigenvalue weighted by Crippen LogP contribution is -1.87. The van der Waals surface area contributed by atoms with Gasteiger partial charge in [0.15, 0.2) is 0 Å². The van der Waals surface area contributed by atoms with Crippen molar-refractivity contribution in [2.45, 2.75) is 19.1 Å². The third-order valence-corrected chi connectivity index (χ3v) is 2.15. The summed E-state index contributed by atoms with van der Waals surface area (Å²) in [6.45, 7) is 2.16. The monoisotopic (exact) mass is 167 g/mol. The largest absolute Gasteiger partial charge is 0.278 e. The highest BCUT2D eigenvalue weighted by atomic mass is 32.2. The lowest BCUT2D eigenvalue weighted by atomic mass is 10.1. The van der Waals surface area contributed by atoms with Crippen molar-refractivity contribution in [3.63, 3.8) is 0 Å². The molecule has 1 aromatic carbocycles. The van der Waals surface area contributed by atoms with Gasteiger partial charge >= 0.3 is 0 Å². The maximum absolute atomic E-state index is 5.37. The molecule has 0 aromatic heterocycles. The summed E-state index contributed by atoms with van der Waals surface area (Å²) in [5, 5.41) is 5.37. The highest BCUT2D eigenvalue weighted by Gasteiger charge is 1.92. The van der Waals surface area contributed by atoms with E-state index in [0.717, 1.165) is 12.2 Å². The Morgan fingerprint density at radius 1 is 1.36 bits per heavy atom. The van der Waals surface area contributed by atoms with E-state index in [-0.39, 0.29) is 0 Å². The molecule has 0 aliphatic heterocycles. The summed E-state index contributed by atoms with van der Waals surface area (Å²) < 4.78 is 0. The Morgan fingerprint density at radius 2 is 2.09 bits per heavy atom. The Labute approximate surface area is 72.1 Å². The molecule has 2 N–H and O–H groups in total. The summed E-state index contributed by atoms with van der Waals surface area (Å²) in [6.07, 6.45) is 1.10. The molecule has 1 nitrogen and oxygen atoms in total. The van der Waals surface area contributed by atoms with E-state index in [0.29, 0.717) is 0 Å². The third-order valence-electron chi connectivity index (χ3n) is 1.65. The van der Waals surface area contributed by atoms with Crippen LogP contribution in [0.15, 0.2) is 24.3 Å². The van der Waals surface area contributed by atoms with Crippen molar-refractivity contribution in [3.05, 3.63) is 35.4 Å². The number of hydrogen-bond acceptors (Lipinski definition) is 2. The first-order chi connectivity index (χ1) is 5.36. The summed E-state index contributed by atoms with van der Waals surface area (Å²) in [4.78, 5) is 0. The molecule has 0 saturated heterocycles. The second kappa shape index (κ2) is 4.42. The van der Waals surface area contributed by atoms with Crippen molar-refractivity contribution in [1.29, 1.82) is 0 Å². The Morgan fingerprint density at radius 3 is 2.73 bits per heavy atom. The average molecular weight is 167 g/mol. The lowest BCUT2D eigenvalue weighted by Gasteiger charge is -2.00. The Hall–Kier alpha value is -0.470. The Balaban J connectivity index is 2.74. The highest BCUT2D eigenvalue weighted by molar-refractivity contribution is 7.96. The van der Waals surface area contributed by atoms with Gasteiger partial charge in [-0.25, -0.2) is 0 Å². The van der Waals surface area contributed by atoms with Gasteiger partial charge in [-0.15, -0.1) is 0 Å². The van der Waals surface area contributed by atoms with Crippen LogP contribution in [0.3, 0.4) is 0 Å². The van der Waals surface area contributed by atoms with Crippen molar-refractivity contribution in [2.24, 2.45) is 5.14 Å². The minimum atomic E-state index is 0.911. The van der Waals surface area contributed by atoms with Gasteiger partial charge < -0.3 is 0 Å². The number of benzene rings is 1. The molecule has 1 rings (SSSR count). The molecule has 0 fully saturated rings. The lowest BCUT2D eigenvalue weighted by molar-refractivity contribution is 1.13. The normalized spacial score (nSPS) is 10.0. The maximum atomic E-state index is 5.37. The molecule has 0 heterocycles. The van der Waals surface area contributed by atoms with Crippen LogP contribution in [-0.2, 0) is 12.2 Å². The van der Waals surface area contributed by atoms with Crippen LogP contribution in [0.2, 0.25) is 0 Å². The van der Waals surface area contributed by atoms with Crippen LogP contribution in [0, 0.1) is 0 Å². The molecule has 0 radical (unpaired) electrons. The number of hydrogen-bond donors (Lipinski definition) is 1. The molecule has 0 aliphatic rings. The summed E-state index contributed by atoms with van der Waals surface area (Å²) >= 11 is 1.37. The van der Waals surface area contributed by atoms with Gasteiger partial charge in [0.25, 0.3) is 0 Å². The summed E-state index contributed by atoms with van der Waals surface area (Å²) in [5.41, 5.74) is 2.70. The molecule has 11 heavy (non-hydrogen) atoms. The van der Waals surface area contributed by atoms with Gasteiger partial charge in [-0.2, -0.15) is 0 Å². The minimum Gasteiger partial charge on any atom is -0.278 e. The van der Waals surface area contributed by atoms with E-state index in [1.807, 2.05) is 0 Å². The molecule has 0 saturated carbocycles. The van der Waals surface area contributed by atoms with E-state index >= 15 is 0 Å². The van der Waals surface area contributed by atoms with Crippen molar-refractivity contribution in [3.8, 4) is 0 Å². The van der Waals surface area contributed by atoms with Crippen molar-refractivity contribution < 1.29 is 0 Å². The van der Waals surface area contributed by atoms with Crippen LogP contribution in [0.5, 0.6) is 0 Å². The molecule has 0 atom stereocenters. The van der Waals surface area contributed by atoms with E-state index in [9.17, 15) is 0 Å². The van der Waals surface area contributed by atoms with Gasteiger partial charge in [-0.1, -0.05) is 43.1 Å². The summed E-state index contributed by atoms with van der Waals surface area (Å²) in [6, 6.07) is 8.55. The van der Waals surface area contributed by atoms with Gasteiger partial charge in [-0.05, 0) is 17.5 Å². The highest BCUT2D eigenvalue weighted by Crippen LogP contribution is 2.09. The summed E-state index contributed by atoms with van der Waals surface area (Å²) in [7, 11) is 0. The standard InChI is InChI=1S/C9H13NS/c1-2-8-4-3-5-9(6-8)7-11-10/h3-6H,2,7,10H2,1H3. The Bertz CT molecular complexity index is 223. The number of rotatable bonds is 3. The molecular weight excluding hydrogens is 154 g/mol. The fourth-order valence-electron chi connectivity index (χ4n) is 1.04. The predicted octanol–water partition coefficient (Wildman–Crippen LogP) is 2.36. The zero-order chi connectivity index (χ0) is 8.10. The van der Waals surface area contributed by atoms with Crippen LogP contribution < -0.4 is 5.14 Å². The quantitative estimate of drug-likeness (QED) is 0.699. The molecule has 0 bridgehead atoms. The second-order valence-corrected chi connectivity index (χ2v) is 3.11. The fourth-order valence-corrected chi connectivity index (χ4v) is 1.41. The Kier molecular flexibility index (Phi) is 3.46. The van der Waals surface area contributed by atoms with Crippen LogP contribution in [-0.4, -0.2) is 0 Å². The molecule has 2 heteroatoms. The van der Waals surface area contributed by atoms with Gasteiger partial charge in [0.1, 0.15) is 0 Å². The molecule has 0 unspecified atom stereocenters. The smallest absolute Gasteiger partial charge is 0.0328 e. The van der Waals surface area contributed by atoms with E-state index in [2.05, 4.69) is 31.2 Å². The summed E-state index contributed by atoms with van der Waals surface area (Å²) in [5.74, 6) is 0.911. The molecule has 1 aromatic rings. The third kappa shape index (κ3) is 2.56. The fraction of sp³-hybridized carbons (Fsp3) is 0.333.